The van der Waals surface area contributed by atoms with Crippen LogP contribution in [0.25, 0.3) is 0 Å². The Morgan fingerprint density at radius 2 is 1.88 bits per heavy atom. The molecule has 0 saturated carbocycles. The smallest absolute Gasteiger partial charge is 0.263 e. The van der Waals surface area contributed by atoms with Gasteiger partial charge in [0.25, 0.3) is 5.91 Å². The molecular weight excluding hydrogens is 355 g/mol. The summed E-state index contributed by atoms with van der Waals surface area (Å²) in [5.74, 6) is 0.311. The molecule has 1 fully saturated rings. The molecule has 2 aromatic rings. The van der Waals surface area contributed by atoms with Crippen LogP contribution in [0, 0.1) is 5.82 Å². The standard InChI is InChI=1S/C20H22ClFN2O2/c1-2-19(26-16-7-5-6-15(21)14-16)20(25)24-12-10-23(11-13-24)18-9-4-3-8-17(18)22/h3-9,14,19H,2,10-13H2,1H3/t19-/m1/s1. The highest BCUT2D eigenvalue weighted by Gasteiger charge is 2.28. The van der Waals surface area contributed by atoms with Crippen LogP contribution in [0.5, 0.6) is 5.75 Å². The van der Waals surface area contributed by atoms with E-state index >= 15 is 0 Å². The molecule has 1 amide bonds. The molecule has 26 heavy (non-hydrogen) atoms. The van der Waals surface area contributed by atoms with Gasteiger partial charge in [-0.15, -0.1) is 0 Å². The van der Waals surface area contributed by atoms with Crippen LogP contribution in [0.1, 0.15) is 13.3 Å². The number of ether oxygens (including phenoxy) is 1. The Kier molecular flexibility index (Phi) is 5.99. The second-order valence-corrected chi connectivity index (χ2v) is 6.67. The average molecular weight is 377 g/mol. The molecule has 1 aliphatic rings. The number of carbonyl (C=O) groups is 1. The summed E-state index contributed by atoms with van der Waals surface area (Å²) in [6.45, 7) is 4.20. The van der Waals surface area contributed by atoms with Gasteiger partial charge in [0.15, 0.2) is 6.10 Å². The van der Waals surface area contributed by atoms with Gasteiger partial charge in [0.2, 0.25) is 0 Å². The number of rotatable bonds is 5. The van der Waals surface area contributed by atoms with Gasteiger partial charge in [-0.1, -0.05) is 36.7 Å². The SMILES string of the molecule is CC[C@@H](Oc1cccc(Cl)c1)C(=O)N1CCN(c2ccccc2F)CC1. The third-order valence-corrected chi connectivity index (χ3v) is 4.74. The van der Waals surface area contributed by atoms with Crippen LogP contribution in [0.15, 0.2) is 48.5 Å². The molecular formula is C20H22ClFN2O2. The Morgan fingerprint density at radius 3 is 2.54 bits per heavy atom. The topological polar surface area (TPSA) is 32.8 Å². The molecule has 0 radical (unpaired) electrons. The molecule has 1 atom stereocenters. The van der Waals surface area contributed by atoms with Crippen molar-refractivity contribution in [3.63, 3.8) is 0 Å². The second-order valence-electron chi connectivity index (χ2n) is 6.24. The summed E-state index contributed by atoms with van der Waals surface area (Å²) in [7, 11) is 0. The van der Waals surface area contributed by atoms with Crippen molar-refractivity contribution in [2.24, 2.45) is 0 Å². The summed E-state index contributed by atoms with van der Waals surface area (Å²) in [4.78, 5) is 16.6. The van der Waals surface area contributed by atoms with Gasteiger partial charge in [0.1, 0.15) is 11.6 Å². The van der Waals surface area contributed by atoms with Gasteiger partial charge >= 0.3 is 0 Å². The lowest BCUT2D eigenvalue weighted by molar-refractivity contribution is -0.139. The van der Waals surface area contributed by atoms with Crippen molar-refractivity contribution in [2.75, 3.05) is 31.1 Å². The lowest BCUT2D eigenvalue weighted by Crippen LogP contribution is -2.52. The van der Waals surface area contributed by atoms with Crippen LogP contribution >= 0.6 is 11.6 Å². The number of piperazine rings is 1. The molecule has 0 spiro atoms. The maximum absolute atomic E-state index is 13.9. The molecule has 2 aromatic carbocycles. The van der Waals surface area contributed by atoms with Crippen molar-refractivity contribution in [1.29, 1.82) is 0 Å². The van der Waals surface area contributed by atoms with Crippen molar-refractivity contribution in [1.82, 2.24) is 4.90 Å². The highest BCUT2D eigenvalue weighted by molar-refractivity contribution is 6.30. The molecule has 4 nitrogen and oxygen atoms in total. The number of halogens is 2. The van der Waals surface area contributed by atoms with Gasteiger partial charge in [-0.2, -0.15) is 0 Å². The van der Waals surface area contributed by atoms with Crippen molar-refractivity contribution >= 4 is 23.2 Å². The molecule has 0 aromatic heterocycles. The Hall–Kier alpha value is -2.27. The monoisotopic (exact) mass is 376 g/mol. The minimum absolute atomic E-state index is 0.0411. The molecule has 138 valence electrons. The number of anilines is 1. The molecule has 6 heteroatoms. The molecule has 1 aliphatic heterocycles. The third-order valence-electron chi connectivity index (χ3n) is 4.51. The Balaban J connectivity index is 1.60. The van der Waals surface area contributed by atoms with E-state index in [1.165, 1.54) is 6.07 Å². The Labute approximate surface area is 158 Å². The first-order valence-electron chi connectivity index (χ1n) is 8.79. The first kappa shape index (κ1) is 18.5. The fraction of sp³-hybridized carbons (Fsp3) is 0.350. The fourth-order valence-corrected chi connectivity index (χ4v) is 3.27. The zero-order chi connectivity index (χ0) is 18.5. The van der Waals surface area contributed by atoms with E-state index in [2.05, 4.69) is 0 Å². The van der Waals surface area contributed by atoms with Gasteiger partial charge < -0.3 is 14.5 Å². The first-order valence-corrected chi connectivity index (χ1v) is 9.16. The molecule has 0 aliphatic carbocycles. The molecule has 3 rings (SSSR count). The van der Waals surface area contributed by atoms with E-state index in [-0.39, 0.29) is 11.7 Å². The fourth-order valence-electron chi connectivity index (χ4n) is 3.09. The predicted octanol–water partition coefficient (Wildman–Crippen LogP) is 3.99. The number of carbonyl (C=O) groups excluding carboxylic acids is 1. The zero-order valence-corrected chi connectivity index (χ0v) is 15.5. The largest absolute Gasteiger partial charge is 0.481 e. The average Bonchev–Trinajstić information content (AvgIpc) is 2.66. The second kappa shape index (κ2) is 8.41. The van der Waals surface area contributed by atoms with E-state index in [0.29, 0.717) is 49.1 Å². The van der Waals surface area contributed by atoms with E-state index in [9.17, 15) is 9.18 Å². The summed E-state index contributed by atoms with van der Waals surface area (Å²) >= 11 is 5.98. The van der Waals surface area contributed by atoms with Crippen molar-refractivity contribution in [2.45, 2.75) is 19.4 Å². The van der Waals surface area contributed by atoms with Crippen LogP contribution in [0.3, 0.4) is 0 Å². The molecule has 1 saturated heterocycles. The van der Waals surface area contributed by atoms with E-state index in [1.54, 1.807) is 41.3 Å². The van der Waals surface area contributed by atoms with Gasteiger partial charge in [0, 0.05) is 31.2 Å². The predicted molar refractivity (Wildman–Crippen MR) is 101 cm³/mol. The maximum Gasteiger partial charge on any atom is 0.263 e. The number of para-hydroxylation sites is 1. The van der Waals surface area contributed by atoms with E-state index in [1.807, 2.05) is 17.9 Å². The Morgan fingerprint density at radius 1 is 1.15 bits per heavy atom. The number of amides is 1. The number of hydrogen-bond donors (Lipinski definition) is 0. The summed E-state index contributed by atoms with van der Waals surface area (Å²) in [6.07, 6.45) is 0.0206. The molecule has 0 N–H and O–H groups in total. The van der Waals surface area contributed by atoms with Gasteiger partial charge in [-0.3, -0.25) is 4.79 Å². The minimum Gasteiger partial charge on any atom is -0.481 e. The minimum atomic E-state index is -0.548. The van der Waals surface area contributed by atoms with Crippen LogP contribution in [0.4, 0.5) is 10.1 Å². The van der Waals surface area contributed by atoms with E-state index in [4.69, 9.17) is 16.3 Å². The summed E-state index contributed by atoms with van der Waals surface area (Å²) in [5.41, 5.74) is 0.585. The first-order chi connectivity index (χ1) is 12.6. The van der Waals surface area contributed by atoms with Crippen LogP contribution < -0.4 is 9.64 Å². The zero-order valence-electron chi connectivity index (χ0n) is 14.7. The van der Waals surface area contributed by atoms with E-state index < -0.39 is 6.10 Å². The van der Waals surface area contributed by atoms with Crippen LogP contribution in [-0.4, -0.2) is 43.1 Å². The molecule has 0 unspecified atom stereocenters. The van der Waals surface area contributed by atoms with Crippen molar-refractivity contribution in [3.8, 4) is 5.75 Å². The molecule has 0 bridgehead atoms. The third kappa shape index (κ3) is 4.28. The quantitative estimate of drug-likeness (QED) is 0.791. The number of benzene rings is 2. The number of hydrogen-bond acceptors (Lipinski definition) is 3. The van der Waals surface area contributed by atoms with Crippen LogP contribution in [-0.2, 0) is 4.79 Å². The summed E-state index contributed by atoms with van der Waals surface area (Å²) in [6, 6.07) is 13.8. The van der Waals surface area contributed by atoms with Crippen molar-refractivity contribution in [3.05, 3.63) is 59.4 Å². The maximum atomic E-state index is 13.9. The van der Waals surface area contributed by atoms with Gasteiger partial charge in [0.05, 0.1) is 5.69 Å². The lowest BCUT2D eigenvalue weighted by atomic mass is 10.2. The van der Waals surface area contributed by atoms with Gasteiger partial charge in [-0.25, -0.2) is 4.39 Å². The van der Waals surface area contributed by atoms with Crippen LogP contribution in [0.2, 0.25) is 5.02 Å². The van der Waals surface area contributed by atoms with Gasteiger partial charge in [-0.05, 0) is 36.8 Å². The van der Waals surface area contributed by atoms with Crippen molar-refractivity contribution < 1.29 is 13.9 Å². The highest BCUT2D eigenvalue weighted by Crippen LogP contribution is 2.22. The van der Waals surface area contributed by atoms with E-state index in [0.717, 1.165) is 0 Å². The normalized spacial score (nSPS) is 15.7. The summed E-state index contributed by atoms with van der Waals surface area (Å²) < 4.78 is 19.8. The lowest BCUT2D eigenvalue weighted by Gasteiger charge is -2.37. The number of nitrogens with zero attached hydrogens (tertiary/aromatic N) is 2. The highest BCUT2D eigenvalue weighted by atomic mass is 35.5. The Bertz CT molecular complexity index is 763. The molecule has 1 heterocycles. The summed E-state index contributed by atoms with van der Waals surface area (Å²) in [5, 5.41) is 0.573.